The van der Waals surface area contributed by atoms with Crippen molar-refractivity contribution in [2.24, 2.45) is 0 Å². The van der Waals surface area contributed by atoms with Gasteiger partial charge in [0.05, 0.1) is 18.2 Å². The fourth-order valence-electron chi connectivity index (χ4n) is 2.31. The van der Waals surface area contributed by atoms with Crippen LogP contribution in [-0.2, 0) is 4.74 Å². The molecule has 1 saturated carbocycles. The SMILES string of the molecule is CC1CCC(C(NC2CC2)c2nccs2)O1. The van der Waals surface area contributed by atoms with Gasteiger partial charge in [-0.15, -0.1) is 11.3 Å². The fraction of sp³-hybridized carbons (Fsp3) is 0.750. The molecule has 4 heteroatoms. The Morgan fingerprint density at radius 1 is 1.44 bits per heavy atom. The molecule has 1 aliphatic carbocycles. The van der Waals surface area contributed by atoms with Gasteiger partial charge in [0, 0.05) is 17.6 Å². The zero-order valence-electron chi connectivity index (χ0n) is 9.56. The molecule has 1 aromatic heterocycles. The van der Waals surface area contributed by atoms with E-state index < -0.39 is 0 Å². The zero-order chi connectivity index (χ0) is 11.0. The molecule has 88 valence electrons. The summed E-state index contributed by atoms with van der Waals surface area (Å²) < 4.78 is 5.98. The van der Waals surface area contributed by atoms with Crippen LogP contribution in [-0.4, -0.2) is 23.2 Å². The minimum absolute atomic E-state index is 0.317. The number of rotatable bonds is 4. The second-order valence-electron chi connectivity index (χ2n) is 4.85. The molecule has 3 rings (SSSR count). The Morgan fingerprint density at radius 2 is 2.31 bits per heavy atom. The lowest BCUT2D eigenvalue weighted by atomic mass is 10.1. The monoisotopic (exact) mass is 238 g/mol. The summed E-state index contributed by atoms with van der Waals surface area (Å²) in [5.74, 6) is 0. The van der Waals surface area contributed by atoms with Gasteiger partial charge < -0.3 is 10.1 Å². The van der Waals surface area contributed by atoms with Gasteiger partial charge in [-0.05, 0) is 32.6 Å². The summed E-state index contributed by atoms with van der Waals surface area (Å²) >= 11 is 1.74. The summed E-state index contributed by atoms with van der Waals surface area (Å²) in [6.45, 7) is 2.16. The lowest BCUT2D eigenvalue weighted by molar-refractivity contribution is 0.0310. The molecule has 16 heavy (non-hydrogen) atoms. The van der Waals surface area contributed by atoms with Crippen molar-refractivity contribution in [1.29, 1.82) is 0 Å². The molecule has 1 N–H and O–H groups in total. The van der Waals surface area contributed by atoms with E-state index in [1.165, 1.54) is 24.3 Å². The summed E-state index contributed by atoms with van der Waals surface area (Å²) in [5.41, 5.74) is 0. The van der Waals surface area contributed by atoms with E-state index in [1.54, 1.807) is 11.3 Å². The highest BCUT2D eigenvalue weighted by Gasteiger charge is 2.35. The number of hydrogen-bond acceptors (Lipinski definition) is 4. The third-order valence-corrected chi connectivity index (χ3v) is 4.21. The van der Waals surface area contributed by atoms with Gasteiger partial charge in [0.2, 0.25) is 0 Å². The number of nitrogens with zero attached hydrogens (tertiary/aromatic N) is 1. The molecular formula is C12H18N2OS. The number of ether oxygens (including phenoxy) is 1. The Morgan fingerprint density at radius 3 is 2.88 bits per heavy atom. The van der Waals surface area contributed by atoms with Crippen LogP contribution < -0.4 is 5.32 Å². The molecule has 1 aromatic rings. The van der Waals surface area contributed by atoms with Crippen molar-refractivity contribution in [3.05, 3.63) is 16.6 Å². The van der Waals surface area contributed by atoms with Crippen LogP contribution in [0.3, 0.4) is 0 Å². The lowest BCUT2D eigenvalue weighted by Gasteiger charge is -2.23. The van der Waals surface area contributed by atoms with Crippen LogP contribution in [0.2, 0.25) is 0 Å². The van der Waals surface area contributed by atoms with Gasteiger partial charge in [-0.2, -0.15) is 0 Å². The van der Waals surface area contributed by atoms with Crippen molar-refractivity contribution in [3.8, 4) is 0 Å². The summed E-state index contributed by atoms with van der Waals surface area (Å²) in [6, 6.07) is 1.02. The van der Waals surface area contributed by atoms with Crippen molar-refractivity contribution < 1.29 is 4.74 Å². The van der Waals surface area contributed by atoms with Crippen molar-refractivity contribution in [2.75, 3.05) is 0 Å². The summed E-state index contributed by atoms with van der Waals surface area (Å²) in [6.07, 6.45) is 7.58. The number of hydrogen-bond donors (Lipinski definition) is 1. The molecule has 1 aliphatic heterocycles. The molecule has 1 saturated heterocycles. The molecular weight excluding hydrogens is 220 g/mol. The van der Waals surface area contributed by atoms with Crippen LogP contribution in [0.15, 0.2) is 11.6 Å². The average Bonchev–Trinajstić information content (AvgIpc) is 2.79. The molecule has 3 unspecified atom stereocenters. The standard InChI is InChI=1S/C12H18N2OS/c1-8-2-5-10(15-8)11(14-9-3-4-9)12-13-6-7-16-12/h6-11,14H,2-5H2,1H3. The number of aromatic nitrogens is 1. The maximum absolute atomic E-state index is 5.98. The molecule has 2 heterocycles. The molecule has 0 spiro atoms. The minimum atomic E-state index is 0.317. The fourth-order valence-corrected chi connectivity index (χ4v) is 3.06. The van der Waals surface area contributed by atoms with Gasteiger partial charge in [-0.3, -0.25) is 0 Å². The van der Waals surface area contributed by atoms with Crippen molar-refractivity contribution in [3.63, 3.8) is 0 Å². The maximum Gasteiger partial charge on any atom is 0.112 e. The van der Waals surface area contributed by atoms with Crippen molar-refractivity contribution in [2.45, 2.75) is 56.9 Å². The van der Waals surface area contributed by atoms with Gasteiger partial charge >= 0.3 is 0 Å². The van der Waals surface area contributed by atoms with Gasteiger partial charge in [0.1, 0.15) is 5.01 Å². The van der Waals surface area contributed by atoms with Crippen LogP contribution in [0.1, 0.15) is 43.7 Å². The van der Waals surface area contributed by atoms with Crippen LogP contribution in [0.25, 0.3) is 0 Å². The largest absolute Gasteiger partial charge is 0.373 e. The molecule has 0 bridgehead atoms. The van der Waals surface area contributed by atoms with E-state index in [-0.39, 0.29) is 0 Å². The van der Waals surface area contributed by atoms with Crippen LogP contribution in [0.5, 0.6) is 0 Å². The predicted molar refractivity (Wildman–Crippen MR) is 64.6 cm³/mol. The smallest absolute Gasteiger partial charge is 0.112 e. The first-order valence-electron chi connectivity index (χ1n) is 6.14. The Bertz CT molecular complexity index is 337. The first kappa shape index (κ1) is 10.7. The van der Waals surface area contributed by atoms with Gasteiger partial charge in [-0.25, -0.2) is 4.98 Å². The average molecular weight is 238 g/mol. The molecule has 3 nitrogen and oxygen atoms in total. The van der Waals surface area contributed by atoms with Crippen LogP contribution in [0.4, 0.5) is 0 Å². The molecule has 3 atom stereocenters. The van der Waals surface area contributed by atoms with Gasteiger partial charge in [0.25, 0.3) is 0 Å². The van der Waals surface area contributed by atoms with Crippen LogP contribution in [0, 0.1) is 0 Å². The van der Waals surface area contributed by atoms with E-state index in [9.17, 15) is 0 Å². The summed E-state index contributed by atoms with van der Waals surface area (Å²) in [5, 5.41) is 6.92. The number of thiazole rings is 1. The Hall–Kier alpha value is -0.450. The van der Waals surface area contributed by atoms with E-state index in [4.69, 9.17) is 4.74 Å². The summed E-state index contributed by atoms with van der Waals surface area (Å²) in [4.78, 5) is 4.44. The van der Waals surface area contributed by atoms with E-state index in [0.29, 0.717) is 24.3 Å². The third-order valence-electron chi connectivity index (χ3n) is 3.35. The third kappa shape index (κ3) is 2.29. The molecule has 2 fully saturated rings. The highest BCUT2D eigenvalue weighted by atomic mass is 32.1. The second-order valence-corrected chi connectivity index (χ2v) is 5.78. The van der Waals surface area contributed by atoms with E-state index in [2.05, 4.69) is 22.6 Å². The number of nitrogens with one attached hydrogen (secondary N) is 1. The predicted octanol–water partition coefficient (Wildman–Crippen LogP) is 2.50. The Balaban J connectivity index is 1.73. The second kappa shape index (κ2) is 4.43. The minimum Gasteiger partial charge on any atom is -0.373 e. The van der Waals surface area contributed by atoms with Crippen LogP contribution >= 0.6 is 11.3 Å². The highest BCUT2D eigenvalue weighted by Crippen LogP contribution is 2.34. The Labute approximate surface area is 100 Å². The topological polar surface area (TPSA) is 34.2 Å². The zero-order valence-corrected chi connectivity index (χ0v) is 10.4. The molecule has 0 radical (unpaired) electrons. The Kier molecular flexibility index (Phi) is 2.96. The first-order chi connectivity index (χ1) is 7.83. The van der Waals surface area contributed by atoms with Crippen molar-refractivity contribution >= 4 is 11.3 Å². The normalized spacial score (nSPS) is 31.8. The lowest BCUT2D eigenvalue weighted by Crippen LogP contribution is -2.33. The van der Waals surface area contributed by atoms with E-state index in [0.717, 1.165) is 6.42 Å². The quantitative estimate of drug-likeness (QED) is 0.875. The van der Waals surface area contributed by atoms with E-state index in [1.807, 2.05) is 6.20 Å². The first-order valence-corrected chi connectivity index (χ1v) is 7.02. The van der Waals surface area contributed by atoms with E-state index >= 15 is 0 Å². The maximum atomic E-state index is 5.98. The van der Waals surface area contributed by atoms with Gasteiger partial charge in [-0.1, -0.05) is 0 Å². The molecule has 0 aromatic carbocycles. The molecule has 0 amide bonds. The highest BCUT2D eigenvalue weighted by molar-refractivity contribution is 7.09. The van der Waals surface area contributed by atoms with Crippen molar-refractivity contribution in [1.82, 2.24) is 10.3 Å². The molecule has 2 aliphatic rings. The van der Waals surface area contributed by atoms with Gasteiger partial charge in [0.15, 0.2) is 0 Å². The summed E-state index contributed by atoms with van der Waals surface area (Å²) in [7, 11) is 0.